The fourth-order valence-corrected chi connectivity index (χ4v) is 2.84. The van der Waals surface area contributed by atoms with E-state index in [-0.39, 0.29) is 11.1 Å². The van der Waals surface area contributed by atoms with Gasteiger partial charge in [0, 0.05) is 17.5 Å². The molecule has 1 aliphatic heterocycles. The van der Waals surface area contributed by atoms with E-state index in [4.69, 9.17) is 9.47 Å². The largest absolute Gasteiger partial charge is 0.490 e. The maximum atomic E-state index is 10.7. The minimum absolute atomic E-state index is 0.00948. The van der Waals surface area contributed by atoms with Crippen molar-refractivity contribution in [2.45, 2.75) is 27.2 Å². The number of nitro benzene ring substituents is 1. The monoisotopic (exact) mass is 380 g/mol. The molecule has 2 aromatic rings. The summed E-state index contributed by atoms with van der Waals surface area (Å²) in [5.74, 6) is 1.62. The number of ether oxygens (including phenoxy) is 2. The number of rotatable bonds is 8. The first-order valence-corrected chi connectivity index (χ1v) is 9.19. The highest BCUT2D eigenvalue weighted by molar-refractivity contribution is 6.06. The second-order valence-corrected chi connectivity index (χ2v) is 7.66. The molecule has 0 atom stereocenters. The van der Waals surface area contributed by atoms with E-state index in [0.717, 1.165) is 28.3 Å². The Morgan fingerprint density at radius 1 is 0.929 bits per heavy atom. The van der Waals surface area contributed by atoms with E-state index in [2.05, 4.69) is 25.8 Å². The van der Waals surface area contributed by atoms with E-state index < -0.39 is 4.92 Å². The van der Waals surface area contributed by atoms with Gasteiger partial charge in [0.1, 0.15) is 19.0 Å². The van der Waals surface area contributed by atoms with Gasteiger partial charge in [-0.25, -0.2) is 0 Å². The fourth-order valence-electron chi connectivity index (χ4n) is 2.84. The lowest BCUT2D eigenvalue weighted by atomic mass is 9.87. The van der Waals surface area contributed by atoms with Crippen LogP contribution in [-0.4, -0.2) is 23.8 Å². The SMILES string of the molecule is CC(C)(C)C1=NC=C1OCCOc1ccc(Cc2ccc([N+](=O)[O-])cc2)cc1. The molecule has 3 rings (SSSR count). The molecule has 28 heavy (non-hydrogen) atoms. The summed E-state index contributed by atoms with van der Waals surface area (Å²) in [6, 6.07) is 14.5. The van der Waals surface area contributed by atoms with Crippen LogP contribution in [0.15, 0.2) is 65.5 Å². The molecule has 2 aromatic carbocycles. The highest BCUT2D eigenvalue weighted by atomic mass is 16.6. The Balaban J connectivity index is 1.43. The molecule has 0 spiro atoms. The van der Waals surface area contributed by atoms with Gasteiger partial charge < -0.3 is 9.47 Å². The van der Waals surface area contributed by atoms with Gasteiger partial charge in [-0.05, 0) is 29.7 Å². The van der Waals surface area contributed by atoms with Crippen molar-refractivity contribution in [3.63, 3.8) is 0 Å². The molecule has 0 saturated heterocycles. The molecule has 6 heteroatoms. The van der Waals surface area contributed by atoms with E-state index in [1.807, 2.05) is 24.3 Å². The van der Waals surface area contributed by atoms with Crippen molar-refractivity contribution in [3.05, 3.63) is 81.7 Å². The number of nitrogens with zero attached hydrogens (tertiary/aromatic N) is 2. The number of hydrogen-bond donors (Lipinski definition) is 0. The lowest BCUT2D eigenvalue weighted by Gasteiger charge is -2.27. The van der Waals surface area contributed by atoms with Crippen LogP contribution >= 0.6 is 0 Å². The topological polar surface area (TPSA) is 74.0 Å². The van der Waals surface area contributed by atoms with Crippen LogP contribution in [-0.2, 0) is 11.2 Å². The van der Waals surface area contributed by atoms with Crippen LogP contribution in [0.5, 0.6) is 5.75 Å². The quantitative estimate of drug-likeness (QED) is 0.370. The summed E-state index contributed by atoms with van der Waals surface area (Å²) in [5.41, 5.74) is 3.22. The van der Waals surface area contributed by atoms with Crippen molar-refractivity contribution >= 4 is 11.4 Å². The normalized spacial score (nSPS) is 13.2. The summed E-state index contributed by atoms with van der Waals surface area (Å²) in [5, 5.41) is 10.7. The molecule has 0 amide bonds. The molecule has 0 fully saturated rings. The molecule has 0 radical (unpaired) electrons. The minimum Gasteiger partial charge on any atom is -0.490 e. The van der Waals surface area contributed by atoms with Crippen molar-refractivity contribution in [3.8, 4) is 5.75 Å². The average molecular weight is 380 g/mol. The van der Waals surface area contributed by atoms with Gasteiger partial charge >= 0.3 is 0 Å². The molecule has 0 N–H and O–H groups in total. The molecule has 0 saturated carbocycles. The summed E-state index contributed by atoms with van der Waals surface area (Å²) >= 11 is 0. The first-order valence-electron chi connectivity index (χ1n) is 9.19. The third kappa shape index (κ3) is 4.97. The molecule has 1 aliphatic rings. The molecular weight excluding hydrogens is 356 g/mol. The van der Waals surface area contributed by atoms with Gasteiger partial charge in [-0.2, -0.15) is 0 Å². The van der Waals surface area contributed by atoms with Crippen LogP contribution in [0.2, 0.25) is 0 Å². The predicted octanol–water partition coefficient (Wildman–Crippen LogP) is 4.92. The number of benzene rings is 2. The standard InChI is InChI=1S/C22H24N2O4/c1-22(2,3)21-20(15-23-21)28-13-12-27-19-10-6-17(7-11-19)14-16-4-8-18(9-5-16)24(25)26/h4-11,15H,12-14H2,1-3H3. The molecule has 6 nitrogen and oxygen atoms in total. The van der Waals surface area contributed by atoms with Crippen molar-refractivity contribution in [2.75, 3.05) is 13.2 Å². The van der Waals surface area contributed by atoms with Crippen molar-refractivity contribution in [1.82, 2.24) is 0 Å². The molecular formula is C22H24N2O4. The Hall–Kier alpha value is -3.15. The molecule has 0 bridgehead atoms. The first kappa shape index (κ1) is 19.6. The highest BCUT2D eigenvalue weighted by Crippen LogP contribution is 2.27. The zero-order valence-corrected chi connectivity index (χ0v) is 16.3. The van der Waals surface area contributed by atoms with Crippen LogP contribution in [0, 0.1) is 15.5 Å². The van der Waals surface area contributed by atoms with Crippen LogP contribution in [0.4, 0.5) is 5.69 Å². The third-order valence-electron chi connectivity index (χ3n) is 4.34. The minimum atomic E-state index is -0.391. The summed E-state index contributed by atoms with van der Waals surface area (Å²) in [4.78, 5) is 14.6. The molecule has 146 valence electrons. The molecule has 0 aliphatic carbocycles. The summed E-state index contributed by atoms with van der Waals surface area (Å²) in [6.07, 6.45) is 2.46. The Labute approximate surface area is 164 Å². The Morgan fingerprint density at radius 3 is 2.00 bits per heavy atom. The van der Waals surface area contributed by atoms with E-state index in [9.17, 15) is 10.1 Å². The second kappa shape index (κ2) is 8.25. The zero-order chi connectivity index (χ0) is 20.1. The lowest BCUT2D eigenvalue weighted by molar-refractivity contribution is -0.384. The summed E-state index contributed by atoms with van der Waals surface area (Å²) in [7, 11) is 0. The maximum absolute atomic E-state index is 10.7. The van der Waals surface area contributed by atoms with Gasteiger partial charge in [-0.1, -0.05) is 45.0 Å². The number of non-ortho nitro benzene ring substituents is 1. The van der Waals surface area contributed by atoms with E-state index in [1.165, 1.54) is 12.1 Å². The van der Waals surface area contributed by atoms with Gasteiger partial charge in [-0.15, -0.1) is 0 Å². The van der Waals surface area contributed by atoms with Crippen LogP contribution in [0.3, 0.4) is 0 Å². The fraction of sp³-hybridized carbons (Fsp3) is 0.318. The maximum Gasteiger partial charge on any atom is 0.269 e. The van der Waals surface area contributed by atoms with Gasteiger partial charge in [0.05, 0.1) is 16.8 Å². The van der Waals surface area contributed by atoms with E-state index >= 15 is 0 Å². The van der Waals surface area contributed by atoms with Crippen molar-refractivity contribution in [1.29, 1.82) is 0 Å². The number of allylic oxidation sites excluding steroid dienone is 1. The second-order valence-electron chi connectivity index (χ2n) is 7.66. The molecule has 1 heterocycles. The van der Waals surface area contributed by atoms with Gasteiger partial charge in [0.25, 0.3) is 5.69 Å². The van der Waals surface area contributed by atoms with E-state index in [0.29, 0.717) is 19.6 Å². The third-order valence-corrected chi connectivity index (χ3v) is 4.34. The number of nitro groups is 1. The van der Waals surface area contributed by atoms with Crippen molar-refractivity contribution < 1.29 is 14.4 Å². The van der Waals surface area contributed by atoms with Crippen molar-refractivity contribution in [2.24, 2.45) is 10.4 Å². The zero-order valence-electron chi connectivity index (χ0n) is 16.3. The molecule has 0 unspecified atom stereocenters. The molecule has 0 aromatic heterocycles. The Kier molecular flexibility index (Phi) is 5.78. The van der Waals surface area contributed by atoms with Crippen LogP contribution in [0.25, 0.3) is 0 Å². The highest BCUT2D eigenvalue weighted by Gasteiger charge is 2.28. The number of hydrogen-bond acceptors (Lipinski definition) is 5. The Bertz CT molecular complexity index is 892. The summed E-state index contributed by atoms with van der Waals surface area (Å²) < 4.78 is 11.5. The predicted molar refractivity (Wildman–Crippen MR) is 109 cm³/mol. The lowest BCUT2D eigenvalue weighted by Crippen LogP contribution is -2.28. The average Bonchev–Trinajstić information content (AvgIpc) is 2.61. The van der Waals surface area contributed by atoms with Gasteiger partial charge in [0.15, 0.2) is 5.76 Å². The Morgan fingerprint density at radius 2 is 1.50 bits per heavy atom. The first-order chi connectivity index (χ1) is 13.3. The van der Waals surface area contributed by atoms with Crippen LogP contribution < -0.4 is 4.74 Å². The summed E-state index contributed by atoms with van der Waals surface area (Å²) in [6.45, 7) is 7.24. The van der Waals surface area contributed by atoms with E-state index in [1.54, 1.807) is 18.3 Å². The van der Waals surface area contributed by atoms with Gasteiger partial charge in [-0.3, -0.25) is 15.1 Å². The van der Waals surface area contributed by atoms with Crippen LogP contribution in [0.1, 0.15) is 31.9 Å². The van der Waals surface area contributed by atoms with Gasteiger partial charge in [0.2, 0.25) is 0 Å². The number of aliphatic imine (C=N–C) groups is 1. The smallest absolute Gasteiger partial charge is 0.269 e.